The van der Waals surface area contributed by atoms with E-state index in [1.54, 1.807) is 6.07 Å². The summed E-state index contributed by atoms with van der Waals surface area (Å²) in [4.78, 5) is 0. The molecule has 1 fully saturated rings. The lowest BCUT2D eigenvalue weighted by Crippen LogP contribution is -2.26. The number of rotatable bonds is 1. The van der Waals surface area contributed by atoms with Crippen molar-refractivity contribution >= 4 is 11.0 Å². The first kappa shape index (κ1) is 10.7. The van der Waals surface area contributed by atoms with Crippen molar-refractivity contribution in [1.29, 1.82) is 0 Å². The van der Waals surface area contributed by atoms with Gasteiger partial charge in [0.1, 0.15) is 23.0 Å². The summed E-state index contributed by atoms with van der Waals surface area (Å²) in [5, 5.41) is 3.68. The molecule has 0 saturated carbocycles. The highest BCUT2D eigenvalue weighted by Crippen LogP contribution is 2.30. The minimum absolute atomic E-state index is 0.124. The maximum Gasteiger partial charge on any atom is 0.140 e. The highest BCUT2D eigenvalue weighted by Gasteiger charge is 2.20. The summed E-state index contributed by atoms with van der Waals surface area (Å²) in [6.07, 6.45) is 3.26. The number of hydrogen-bond acceptors (Lipinski definition) is 2. The van der Waals surface area contributed by atoms with Gasteiger partial charge in [-0.05, 0) is 25.5 Å². The molecule has 0 radical (unpaired) electrons. The Hall–Kier alpha value is -1.42. The van der Waals surface area contributed by atoms with Crippen LogP contribution in [0.1, 0.15) is 31.1 Å². The Labute approximate surface area is 97.6 Å². The van der Waals surface area contributed by atoms with E-state index in [-0.39, 0.29) is 11.6 Å². The van der Waals surface area contributed by atoms with Crippen LogP contribution < -0.4 is 5.32 Å². The lowest BCUT2D eigenvalue weighted by atomic mass is 10.0. The van der Waals surface area contributed by atoms with E-state index >= 15 is 0 Å². The molecule has 2 nitrogen and oxygen atoms in total. The van der Waals surface area contributed by atoms with Gasteiger partial charge in [-0.2, -0.15) is 0 Å². The number of fused-ring (bicyclic) bond motifs is 1. The topological polar surface area (TPSA) is 25.2 Å². The Morgan fingerprint density at radius 2 is 2.06 bits per heavy atom. The maximum absolute atomic E-state index is 13.5. The number of benzene rings is 1. The molecule has 2 aromatic rings. The van der Waals surface area contributed by atoms with E-state index in [9.17, 15) is 8.78 Å². The smallest absolute Gasteiger partial charge is 0.140 e. The number of nitrogens with one attached hydrogen (secondary N) is 1. The van der Waals surface area contributed by atoms with E-state index in [1.807, 2.05) is 0 Å². The molecule has 17 heavy (non-hydrogen) atoms. The molecule has 1 aliphatic rings. The third-order valence-corrected chi connectivity index (χ3v) is 3.22. The van der Waals surface area contributed by atoms with Crippen LogP contribution in [0.25, 0.3) is 11.0 Å². The van der Waals surface area contributed by atoms with Crippen LogP contribution in [0.15, 0.2) is 22.6 Å². The van der Waals surface area contributed by atoms with Gasteiger partial charge >= 0.3 is 0 Å². The molecule has 0 aliphatic carbocycles. The standard InChI is InChI=1S/C13H13F2NO/c14-8-5-10(15)9-7-13(17-12(9)6-8)11-3-1-2-4-16-11/h5-7,11,16H,1-4H2. The summed E-state index contributed by atoms with van der Waals surface area (Å²) in [6.45, 7) is 0.943. The van der Waals surface area contributed by atoms with Crippen molar-refractivity contribution in [2.75, 3.05) is 6.54 Å². The van der Waals surface area contributed by atoms with Gasteiger partial charge in [0.25, 0.3) is 0 Å². The lowest BCUT2D eigenvalue weighted by Gasteiger charge is -2.21. The summed E-state index contributed by atoms with van der Waals surface area (Å²) in [7, 11) is 0. The summed E-state index contributed by atoms with van der Waals surface area (Å²) >= 11 is 0. The normalized spacial score (nSPS) is 20.9. The third-order valence-electron chi connectivity index (χ3n) is 3.22. The van der Waals surface area contributed by atoms with E-state index in [2.05, 4.69) is 5.32 Å². The Kier molecular flexibility index (Phi) is 2.59. The molecule has 4 heteroatoms. The molecule has 1 N–H and O–H groups in total. The maximum atomic E-state index is 13.5. The summed E-state index contributed by atoms with van der Waals surface area (Å²) < 4.78 is 32.1. The van der Waals surface area contributed by atoms with Gasteiger partial charge in [-0.15, -0.1) is 0 Å². The van der Waals surface area contributed by atoms with E-state index in [4.69, 9.17) is 4.42 Å². The van der Waals surface area contributed by atoms with Crippen LogP contribution >= 0.6 is 0 Å². The van der Waals surface area contributed by atoms with Crippen molar-refractivity contribution in [3.63, 3.8) is 0 Å². The second-order valence-electron chi connectivity index (χ2n) is 4.45. The molecule has 0 amide bonds. The molecular formula is C13H13F2NO. The SMILES string of the molecule is Fc1cc(F)c2cc(C3CCCCN3)oc2c1. The first-order valence-corrected chi connectivity index (χ1v) is 5.86. The second-order valence-corrected chi connectivity index (χ2v) is 4.45. The quantitative estimate of drug-likeness (QED) is 0.820. The molecule has 1 unspecified atom stereocenters. The zero-order chi connectivity index (χ0) is 11.8. The summed E-state index contributed by atoms with van der Waals surface area (Å²) in [6, 6.07) is 3.91. The van der Waals surface area contributed by atoms with Gasteiger partial charge < -0.3 is 9.73 Å². The monoisotopic (exact) mass is 237 g/mol. The number of piperidine rings is 1. The van der Waals surface area contributed by atoms with Gasteiger partial charge in [-0.25, -0.2) is 8.78 Å². The Bertz CT molecular complexity index is 544. The number of hydrogen-bond donors (Lipinski definition) is 1. The van der Waals surface area contributed by atoms with Crippen LogP contribution in [0.4, 0.5) is 8.78 Å². The van der Waals surface area contributed by atoms with Gasteiger partial charge in [0, 0.05) is 12.1 Å². The highest BCUT2D eigenvalue weighted by molar-refractivity contribution is 5.78. The van der Waals surface area contributed by atoms with Gasteiger partial charge in [0.2, 0.25) is 0 Å². The predicted octanol–water partition coefficient (Wildman–Crippen LogP) is 3.53. The fraction of sp³-hybridized carbons (Fsp3) is 0.385. The summed E-state index contributed by atoms with van der Waals surface area (Å²) in [5.41, 5.74) is 0.282. The molecule has 3 rings (SSSR count). The third kappa shape index (κ3) is 1.93. The van der Waals surface area contributed by atoms with E-state index in [1.165, 1.54) is 6.07 Å². The molecule has 1 atom stereocenters. The van der Waals surface area contributed by atoms with Crippen LogP contribution in [0.2, 0.25) is 0 Å². The molecule has 2 heterocycles. The lowest BCUT2D eigenvalue weighted by molar-refractivity contribution is 0.358. The molecule has 1 aliphatic heterocycles. The Balaban J connectivity index is 2.03. The zero-order valence-electron chi connectivity index (χ0n) is 9.30. The Morgan fingerprint density at radius 3 is 2.82 bits per heavy atom. The van der Waals surface area contributed by atoms with E-state index < -0.39 is 11.6 Å². The van der Waals surface area contributed by atoms with Crippen LogP contribution in [-0.4, -0.2) is 6.54 Å². The largest absolute Gasteiger partial charge is 0.459 e. The molecule has 1 aromatic carbocycles. The van der Waals surface area contributed by atoms with Crippen LogP contribution in [0, 0.1) is 11.6 Å². The van der Waals surface area contributed by atoms with E-state index in [0.717, 1.165) is 31.9 Å². The van der Waals surface area contributed by atoms with Gasteiger partial charge in [-0.1, -0.05) is 6.42 Å². The molecule has 1 saturated heterocycles. The van der Waals surface area contributed by atoms with Crippen molar-refractivity contribution in [3.05, 3.63) is 35.6 Å². The average Bonchev–Trinajstić information content (AvgIpc) is 2.74. The van der Waals surface area contributed by atoms with E-state index in [0.29, 0.717) is 11.1 Å². The van der Waals surface area contributed by atoms with Crippen molar-refractivity contribution in [1.82, 2.24) is 5.32 Å². The number of furan rings is 1. The minimum Gasteiger partial charge on any atom is -0.459 e. The molecular weight excluding hydrogens is 224 g/mol. The average molecular weight is 237 g/mol. The fourth-order valence-corrected chi connectivity index (χ4v) is 2.35. The number of halogens is 2. The van der Waals surface area contributed by atoms with Crippen LogP contribution in [0.3, 0.4) is 0 Å². The van der Waals surface area contributed by atoms with Gasteiger partial charge in [-0.3, -0.25) is 0 Å². The van der Waals surface area contributed by atoms with Gasteiger partial charge in [0.05, 0.1) is 11.4 Å². The van der Waals surface area contributed by atoms with Crippen LogP contribution in [0.5, 0.6) is 0 Å². The molecule has 0 bridgehead atoms. The van der Waals surface area contributed by atoms with Gasteiger partial charge in [0.15, 0.2) is 0 Å². The zero-order valence-corrected chi connectivity index (χ0v) is 9.30. The minimum atomic E-state index is -0.604. The first-order chi connectivity index (χ1) is 8.24. The second kappa shape index (κ2) is 4.11. The van der Waals surface area contributed by atoms with Crippen molar-refractivity contribution < 1.29 is 13.2 Å². The Morgan fingerprint density at radius 1 is 1.18 bits per heavy atom. The first-order valence-electron chi connectivity index (χ1n) is 5.86. The fourth-order valence-electron chi connectivity index (χ4n) is 2.35. The molecule has 1 aromatic heterocycles. The summed E-state index contributed by atoms with van der Waals surface area (Å²) in [5.74, 6) is -0.470. The highest BCUT2D eigenvalue weighted by atomic mass is 19.1. The molecule has 0 spiro atoms. The van der Waals surface area contributed by atoms with Crippen molar-refractivity contribution in [2.24, 2.45) is 0 Å². The van der Waals surface area contributed by atoms with Crippen molar-refractivity contribution in [3.8, 4) is 0 Å². The predicted molar refractivity (Wildman–Crippen MR) is 60.7 cm³/mol. The molecule has 90 valence electrons. The van der Waals surface area contributed by atoms with Crippen molar-refractivity contribution in [2.45, 2.75) is 25.3 Å². The van der Waals surface area contributed by atoms with Crippen LogP contribution in [-0.2, 0) is 0 Å².